The average molecular weight is 474 g/mol. The lowest BCUT2D eigenvalue weighted by atomic mass is 9.87. The molecule has 0 aliphatic carbocycles. The largest absolute Gasteiger partial charge is 0.354 e. The van der Waals surface area contributed by atoms with Gasteiger partial charge in [-0.3, -0.25) is 14.9 Å². The number of nitrogens with one attached hydrogen (secondary N) is 1. The van der Waals surface area contributed by atoms with Gasteiger partial charge in [0, 0.05) is 54.2 Å². The Bertz CT molecular complexity index is 1350. The molecule has 0 saturated heterocycles. The van der Waals surface area contributed by atoms with Crippen molar-refractivity contribution in [1.82, 2.24) is 9.88 Å². The summed E-state index contributed by atoms with van der Waals surface area (Å²) < 4.78 is 16.3. The van der Waals surface area contributed by atoms with Crippen molar-refractivity contribution < 1.29 is 14.1 Å². The third-order valence-corrected chi connectivity index (χ3v) is 6.34. The molecule has 0 saturated carbocycles. The molecule has 180 valence electrons. The van der Waals surface area contributed by atoms with Crippen LogP contribution in [0.1, 0.15) is 49.3 Å². The molecule has 0 radical (unpaired) electrons. The maximum absolute atomic E-state index is 14.2. The zero-order valence-electron chi connectivity index (χ0n) is 19.8. The number of amides is 1. The lowest BCUT2D eigenvalue weighted by molar-refractivity contribution is -0.384. The molecule has 0 bridgehead atoms. The van der Waals surface area contributed by atoms with Crippen LogP contribution in [-0.2, 0) is 11.3 Å². The molecule has 0 aliphatic rings. The van der Waals surface area contributed by atoms with Crippen LogP contribution in [0.25, 0.3) is 10.9 Å². The van der Waals surface area contributed by atoms with E-state index in [4.69, 9.17) is 0 Å². The molecule has 1 heterocycles. The van der Waals surface area contributed by atoms with E-state index in [0.717, 1.165) is 23.1 Å². The molecule has 0 unspecified atom stereocenters. The first kappa shape index (κ1) is 24.1. The standard InChI is InChI=1S/C28H28FN3O3/c1-3-19(2)30-28(33)16-24(21-10-7-11-22(29)14-21)26-18-31(17-20-8-5-4-6-9-20)27-13-12-23(32(34)35)15-25(26)27/h4-15,18-19,24H,3,16-17H2,1-2H3,(H,30,33)/t19-,24-/m0/s1. The molecule has 1 aromatic heterocycles. The molecule has 4 aromatic rings. The van der Waals surface area contributed by atoms with Crippen LogP contribution in [-0.4, -0.2) is 21.4 Å². The molecular formula is C28H28FN3O3. The van der Waals surface area contributed by atoms with Gasteiger partial charge in [0.15, 0.2) is 0 Å². The number of non-ortho nitro benzene ring substituents is 1. The SMILES string of the molecule is CC[C@H](C)NC(=O)C[C@@H](c1cccc(F)c1)c1cn(Cc2ccccc2)c2ccc([N+](=O)[O-])cc12. The molecule has 2 atom stereocenters. The predicted octanol–water partition coefficient (Wildman–Crippen LogP) is 6.17. The fourth-order valence-corrected chi connectivity index (χ4v) is 4.37. The number of nitro groups is 1. The third kappa shape index (κ3) is 5.57. The van der Waals surface area contributed by atoms with Gasteiger partial charge in [0.25, 0.3) is 5.69 Å². The molecule has 1 N–H and O–H groups in total. The van der Waals surface area contributed by atoms with Crippen LogP contribution in [0.3, 0.4) is 0 Å². The Morgan fingerprint density at radius 3 is 2.54 bits per heavy atom. The Kier molecular flexibility index (Phi) is 7.25. The summed E-state index contributed by atoms with van der Waals surface area (Å²) >= 11 is 0. The summed E-state index contributed by atoms with van der Waals surface area (Å²) in [5.41, 5.74) is 3.27. The molecule has 6 nitrogen and oxygen atoms in total. The molecule has 35 heavy (non-hydrogen) atoms. The molecule has 0 aliphatic heterocycles. The molecule has 0 spiro atoms. The number of carbonyl (C=O) groups excluding carboxylic acids is 1. The maximum atomic E-state index is 14.2. The predicted molar refractivity (Wildman–Crippen MR) is 135 cm³/mol. The second-order valence-corrected chi connectivity index (χ2v) is 8.85. The van der Waals surface area contributed by atoms with Crippen molar-refractivity contribution in [2.45, 2.75) is 45.2 Å². The zero-order valence-corrected chi connectivity index (χ0v) is 19.8. The first-order chi connectivity index (χ1) is 16.9. The van der Waals surface area contributed by atoms with Crippen LogP contribution in [0.4, 0.5) is 10.1 Å². The van der Waals surface area contributed by atoms with E-state index in [9.17, 15) is 19.3 Å². The first-order valence-corrected chi connectivity index (χ1v) is 11.7. The second kappa shape index (κ2) is 10.5. The number of nitrogens with zero attached hydrogens (tertiary/aromatic N) is 2. The highest BCUT2D eigenvalue weighted by Crippen LogP contribution is 2.37. The number of hydrogen-bond acceptors (Lipinski definition) is 3. The number of rotatable bonds is 9. The first-order valence-electron chi connectivity index (χ1n) is 11.7. The molecule has 4 rings (SSSR count). The summed E-state index contributed by atoms with van der Waals surface area (Å²) in [6.45, 7) is 4.49. The van der Waals surface area contributed by atoms with E-state index in [-0.39, 0.29) is 24.1 Å². The van der Waals surface area contributed by atoms with Gasteiger partial charge in [0.1, 0.15) is 5.82 Å². The van der Waals surface area contributed by atoms with Gasteiger partial charge in [0.05, 0.1) is 4.92 Å². The highest BCUT2D eigenvalue weighted by atomic mass is 19.1. The number of hydrogen-bond donors (Lipinski definition) is 1. The van der Waals surface area contributed by atoms with Crippen molar-refractivity contribution in [2.75, 3.05) is 0 Å². The summed E-state index contributed by atoms with van der Waals surface area (Å²) in [6.07, 6.45) is 2.83. The maximum Gasteiger partial charge on any atom is 0.270 e. The van der Waals surface area contributed by atoms with Gasteiger partial charge in [-0.2, -0.15) is 0 Å². The summed E-state index contributed by atoms with van der Waals surface area (Å²) in [4.78, 5) is 24.1. The van der Waals surface area contributed by atoms with Crippen molar-refractivity contribution in [2.24, 2.45) is 0 Å². The smallest absolute Gasteiger partial charge is 0.270 e. The fourth-order valence-electron chi connectivity index (χ4n) is 4.37. The lowest BCUT2D eigenvalue weighted by Crippen LogP contribution is -2.33. The number of nitro benzene ring substituents is 1. The fraction of sp³-hybridized carbons (Fsp3) is 0.250. The van der Waals surface area contributed by atoms with Crippen LogP contribution in [0.15, 0.2) is 79.0 Å². The van der Waals surface area contributed by atoms with Crippen LogP contribution < -0.4 is 5.32 Å². The topological polar surface area (TPSA) is 77.2 Å². The normalized spacial score (nSPS) is 12.9. The Morgan fingerprint density at radius 2 is 1.86 bits per heavy atom. The summed E-state index contributed by atoms with van der Waals surface area (Å²) in [7, 11) is 0. The van der Waals surface area contributed by atoms with Crippen molar-refractivity contribution in [1.29, 1.82) is 0 Å². The minimum Gasteiger partial charge on any atom is -0.354 e. The Hall–Kier alpha value is -4.00. The Labute approximate surface area is 203 Å². The second-order valence-electron chi connectivity index (χ2n) is 8.85. The summed E-state index contributed by atoms with van der Waals surface area (Å²) in [5.74, 6) is -1.02. The van der Waals surface area contributed by atoms with Gasteiger partial charge in [-0.15, -0.1) is 0 Å². The van der Waals surface area contributed by atoms with Crippen LogP contribution in [0.5, 0.6) is 0 Å². The highest BCUT2D eigenvalue weighted by Gasteiger charge is 2.25. The Morgan fingerprint density at radius 1 is 1.09 bits per heavy atom. The molecule has 3 aromatic carbocycles. The monoisotopic (exact) mass is 473 g/mol. The highest BCUT2D eigenvalue weighted by molar-refractivity contribution is 5.88. The average Bonchev–Trinajstić information content (AvgIpc) is 3.20. The van der Waals surface area contributed by atoms with E-state index in [2.05, 4.69) is 5.32 Å². The van der Waals surface area contributed by atoms with Gasteiger partial charge >= 0.3 is 0 Å². The minimum absolute atomic E-state index is 0.0103. The number of benzene rings is 3. The van der Waals surface area contributed by atoms with Crippen LogP contribution in [0, 0.1) is 15.9 Å². The van der Waals surface area contributed by atoms with E-state index in [0.29, 0.717) is 17.5 Å². The number of fused-ring (bicyclic) bond motifs is 1. The summed E-state index contributed by atoms with van der Waals surface area (Å²) in [5, 5.41) is 15.2. The molecule has 1 amide bonds. The van der Waals surface area contributed by atoms with Crippen molar-refractivity contribution in [3.8, 4) is 0 Å². The van der Waals surface area contributed by atoms with E-state index < -0.39 is 16.7 Å². The summed E-state index contributed by atoms with van der Waals surface area (Å²) in [6, 6.07) is 20.9. The van der Waals surface area contributed by atoms with Crippen LogP contribution >= 0.6 is 0 Å². The van der Waals surface area contributed by atoms with Gasteiger partial charge in [-0.05, 0) is 48.2 Å². The molecule has 0 fully saturated rings. The van der Waals surface area contributed by atoms with Gasteiger partial charge < -0.3 is 9.88 Å². The van der Waals surface area contributed by atoms with E-state index >= 15 is 0 Å². The van der Waals surface area contributed by atoms with Gasteiger partial charge in [-0.1, -0.05) is 49.4 Å². The lowest BCUT2D eigenvalue weighted by Gasteiger charge is -2.19. The van der Waals surface area contributed by atoms with Crippen molar-refractivity contribution in [3.63, 3.8) is 0 Å². The Balaban J connectivity index is 1.86. The van der Waals surface area contributed by atoms with E-state index in [1.165, 1.54) is 18.2 Å². The molecule has 7 heteroatoms. The quantitative estimate of drug-likeness (QED) is 0.233. The number of halogens is 1. The van der Waals surface area contributed by atoms with E-state index in [1.54, 1.807) is 24.3 Å². The van der Waals surface area contributed by atoms with E-state index in [1.807, 2.05) is 54.9 Å². The van der Waals surface area contributed by atoms with Crippen molar-refractivity contribution >= 4 is 22.5 Å². The van der Waals surface area contributed by atoms with Crippen molar-refractivity contribution in [3.05, 3.63) is 112 Å². The number of carbonyl (C=O) groups is 1. The van der Waals surface area contributed by atoms with Gasteiger partial charge in [0.2, 0.25) is 5.91 Å². The van der Waals surface area contributed by atoms with Gasteiger partial charge in [-0.25, -0.2) is 4.39 Å². The zero-order chi connectivity index (χ0) is 24.9. The molecular weight excluding hydrogens is 445 g/mol. The van der Waals surface area contributed by atoms with Crippen LogP contribution in [0.2, 0.25) is 0 Å². The minimum atomic E-state index is -0.476. The number of aromatic nitrogens is 1. The third-order valence-electron chi connectivity index (χ3n) is 6.34.